The summed E-state index contributed by atoms with van der Waals surface area (Å²) in [6.07, 6.45) is 0. The van der Waals surface area contributed by atoms with Crippen LogP contribution in [0.1, 0.15) is 21.5 Å². The highest BCUT2D eigenvalue weighted by atomic mass is 16.5. The van der Waals surface area contributed by atoms with Gasteiger partial charge in [-0.25, -0.2) is 4.79 Å². The summed E-state index contributed by atoms with van der Waals surface area (Å²) in [6.45, 7) is 3.93. The summed E-state index contributed by atoms with van der Waals surface area (Å²) in [6, 6.07) is 15.6. The van der Waals surface area contributed by atoms with Crippen molar-refractivity contribution in [2.75, 3.05) is 26.6 Å². The van der Waals surface area contributed by atoms with Crippen molar-refractivity contribution in [3.63, 3.8) is 0 Å². The number of furan rings is 1. The van der Waals surface area contributed by atoms with E-state index in [1.165, 1.54) is 27.4 Å². The fraction of sp³-hybridized carbons (Fsp3) is 0.172. The van der Waals surface area contributed by atoms with Crippen LogP contribution in [0.15, 0.2) is 68.2 Å². The lowest BCUT2D eigenvalue weighted by molar-refractivity contribution is 0.102. The Morgan fingerprint density at radius 2 is 1.46 bits per heavy atom. The molecular formula is C29H25NO7. The number of ether oxygens (including phenoxy) is 3. The Morgan fingerprint density at radius 3 is 2.14 bits per heavy atom. The zero-order valence-corrected chi connectivity index (χ0v) is 21.1. The van der Waals surface area contributed by atoms with Gasteiger partial charge < -0.3 is 28.4 Å². The average molecular weight is 500 g/mol. The number of benzene rings is 3. The highest BCUT2D eigenvalue weighted by Crippen LogP contribution is 2.42. The SMILES string of the molecule is COc1cc(C(=O)Nc2c(-c3cc(=O)oc4cc(C)c(C)cc34)oc3ccccc23)cc(OC)c1OC. The molecule has 1 amide bonds. The van der Waals surface area contributed by atoms with Gasteiger partial charge in [-0.15, -0.1) is 0 Å². The van der Waals surface area contributed by atoms with Crippen molar-refractivity contribution in [2.45, 2.75) is 13.8 Å². The fourth-order valence-electron chi connectivity index (χ4n) is 4.36. The van der Waals surface area contributed by atoms with E-state index in [2.05, 4.69) is 5.32 Å². The molecule has 5 rings (SSSR count). The first kappa shape index (κ1) is 24.0. The Bertz CT molecular complexity index is 1700. The molecule has 5 aromatic rings. The van der Waals surface area contributed by atoms with Crippen LogP contribution in [-0.4, -0.2) is 27.2 Å². The number of aryl methyl sites for hydroxylation is 2. The second-order valence-corrected chi connectivity index (χ2v) is 8.58. The lowest BCUT2D eigenvalue weighted by Crippen LogP contribution is -2.13. The predicted octanol–water partition coefficient (Wildman–Crippen LogP) is 6.10. The molecule has 0 aliphatic carbocycles. The molecule has 0 saturated heterocycles. The summed E-state index contributed by atoms with van der Waals surface area (Å²) < 4.78 is 27.9. The molecule has 8 heteroatoms. The molecule has 0 bridgehead atoms. The molecule has 37 heavy (non-hydrogen) atoms. The maximum absolute atomic E-state index is 13.5. The maximum Gasteiger partial charge on any atom is 0.336 e. The van der Waals surface area contributed by atoms with Crippen LogP contribution in [-0.2, 0) is 0 Å². The zero-order valence-electron chi connectivity index (χ0n) is 21.1. The standard InChI is InChI=1S/C29H25NO7/c1-15-10-19-20(14-25(31)36-22(19)11-16(15)2)27-26(18-8-6-7-9-21(18)37-27)30-29(32)17-12-23(33-3)28(35-5)24(13-17)34-4/h6-14H,1-5H3,(H,30,32). The van der Waals surface area contributed by atoms with Gasteiger partial charge in [-0.3, -0.25) is 4.79 Å². The van der Waals surface area contributed by atoms with Gasteiger partial charge in [0.15, 0.2) is 17.3 Å². The van der Waals surface area contributed by atoms with Crippen molar-refractivity contribution < 1.29 is 27.8 Å². The minimum atomic E-state index is -0.520. The topological polar surface area (TPSA) is 100 Å². The van der Waals surface area contributed by atoms with Gasteiger partial charge in [0.05, 0.1) is 27.0 Å². The van der Waals surface area contributed by atoms with Crippen LogP contribution in [0.3, 0.4) is 0 Å². The molecule has 0 aliphatic heterocycles. The van der Waals surface area contributed by atoms with Gasteiger partial charge in [-0.05, 0) is 61.4 Å². The van der Waals surface area contributed by atoms with Gasteiger partial charge in [0, 0.05) is 28.0 Å². The third-order valence-corrected chi connectivity index (χ3v) is 6.36. The smallest absolute Gasteiger partial charge is 0.336 e. The first-order valence-corrected chi connectivity index (χ1v) is 11.5. The van der Waals surface area contributed by atoms with Crippen molar-refractivity contribution in [2.24, 2.45) is 0 Å². The lowest BCUT2D eigenvalue weighted by Gasteiger charge is -2.14. The van der Waals surface area contributed by atoms with Crippen LogP contribution in [0.4, 0.5) is 5.69 Å². The number of amides is 1. The molecule has 3 aromatic carbocycles. The van der Waals surface area contributed by atoms with E-state index < -0.39 is 11.5 Å². The lowest BCUT2D eigenvalue weighted by atomic mass is 10.0. The Hall–Kier alpha value is -4.72. The average Bonchev–Trinajstić information content (AvgIpc) is 3.26. The molecule has 8 nitrogen and oxygen atoms in total. The van der Waals surface area contributed by atoms with Gasteiger partial charge >= 0.3 is 5.63 Å². The second-order valence-electron chi connectivity index (χ2n) is 8.58. The number of carbonyl (C=O) groups excluding carboxylic acids is 1. The van der Waals surface area contributed by atoms with Crippen molar-refractivity contribution in [3.05, 3.63) is 81.7 Å². The minimum Gasteiger partial charge on any atom is -0.493 e. The molecule has 2 aromatic heterocycles. The number of methoxy groups -OCH3 is 3. The van der Waals surface area contributed by atoms with Crippen LogP contribution in [0.2, 0.25) is 0 Å². The van der Waals surface area contributed by atoms with Gasteiger partial charge in [0.2, 0.25) is 5.75 Å². The molecule has 0 fully saturated rings. The minimum absolute atomic E-state index is 0.287. The summed E-state index contributed by atoms with van der Waals surface area (Å²) in [5.41, 5.74) is 3.74. The Kier molecular flexibility index (Phi) is 6.09. The largest absolute Gasteiger partial charge is 0.493 e. The summed E-state index contributed by atoms with van der Waals surface area (Å²) in [7, 11) is 4.46. The molecule has 2 heterocycles. The fourth-order valence-corrected chi connectivity index (χ4v) is 4.36. The van der Waals surface area contributed by atoms with E-state index in [0.29, 0.717) is 56.2 Å². The molecule has 0 radical (unpaired) electrons. The highest BCUT2D eigenvalue weighted by Gasteiger charge is 2.23. The third-order valence-electron chi connectivity index (χ3n) is 6.36. The quantitative estimate of drug-likeness (QED) is 0.282. The normalized spacial score (nSPS) is 11.1. The van der Waals surface area contributed by atoms with Gasteiger partial charge in [0.1, 0.15) is 11.2 Å². The van der Waals surface area contributed by atoms with Crippen LogP contribution < -0.4 is 25.2 Å². The molecule has 0 unspecified atom stereocenters. The molecule has 188 valence electrons. The monoisotopic (exact) mass is 499 g/mol. The Labute approximate surface area is 212 Å². The van der Waals surface area contributed by atoms with E-state index in [-0.39, 0.29) is 5.56 Å². The summed E-state index contributed by atoms with van der Waals surface area (Å²) in [4.78, 5) is 26.0. The van der Waals surface area contributed by atoms with Crippen molar-refractivity contribution in [1.29, 1.82) is 0 Å². The Morgan fingerprint density at radius 1 is 0.784 bits per heavy atom. The van der Waals surface area contributed by atoms with Crippen molar-refractivity contribution in [1.82, 2.24) is 0 Å². The van der Waals surface area contributed by atoms with Crippen molar-refractivity contribution in [3.8, 4) is 28.6 Å². The third kappa shape index (κ3) is 4.16. The van der Waals surface area contributed by atoms with E-state index in [9.17, 15) is 9.59 Å². The van der Waals surface area contributed by atoms with E-state index in [4.69, 9.17) is 23.0 Å². The van der Waals surface area contributed by atoms with E-state index >= 15 is 0 Å². The van der Waals surface area contributed by atoms with Gasteiger partial charge in [0.25, 0.3) is 5.91 Å². The number of para-hydroxylation sites is 1. The Balaban J connectivity index is 1.70. The highest BCUT2D eigenvalue weighted by molar-refractivity contribution is 6.13. The van der Waals surface area contributed by atoms with E-state index in [1.807, 2.05) is 44.2 Å². The number of anilines is 1. The maximum atomic E-state index is 13.5. The number of nitrogens with one attached hydrogen (secondary N) is 1. The molecular weight excluding hydrogens is 474 g/mol. The van der Waals surface area contributed by atoms with Crippen LogP contribution in [0.5, 0.6) is 17.2 Å². The summed E-state index contributed by atoms with van der Waals surface area (Å²) in [5.74, 6) is 1.00. The second kappa shape index (κ2) is 9.39. The molecule has 0 spiro atoms. The molecule has 1 N–H and O–H groups in total. The number of rotatable bonds is 6. The number of hydrogen-bond acceptors (Lipinski definition) is 7. The van der Waals surface area contributed by atoms with E-state index in [1.54, 1.807) is 18.2 Å². The predicted molar refractivity (Wildman–Crippen MR) is 141 cm³/mol. The summed E-state index contributed by atoms with van der Waals surface area (Å²) >= 11 is 0. The van der Waals surface area contributed by atoms with Crippen molar-refractivity contribution >= 4 is 33.5 Å². The number of fused-ring (bicyclic) bond motifs is 2. The summed E-state index contributed by atoms with van der Waals surface area (Å²) in [5, 5.41) is 4.36. The van der Waals surface area contributed by atoms with Gasteiger partial charge in [-0.1, -0.05) is 12.1 Å². The van der Waals surface area contributed by atoms with E-state index in [0.717, 1.165) is 11.1 Å². The molecule has 0 atom stereocenters. The zero-order chi connectivity index (χ0) is 26.3. The first-order valence-electron chi connectivity index (χ1n) is 11.5. The first-order chi connectivity index (χ1) is 17.8. The van der Waals surface area contributed by atoms with Crippen LogP contribution in [0.25, 0.3) is 33.3 Å². The van der Waals surface area contributed by atoms with Crippen LogP contribution in [0, 0.1) is 13.8 Å². The molecule has 0 aliphatic rings. The molecule has 0 saturated carbocycles. The van der Waals surface area contributed by atoms with Gasteiger partial charge in [-0.2, -0.15) is 0 Å². The number of hydrogen-bond donors (Lipinski definition) is 1. The number of carbonyl (C=O) groups is 1. The van der Waals surface area contributed by atoms with Crippen LogP contribution >= 0.6 is 0 Å².